The third kappa shape index (κ3) is 2.97. The summed E-state index contributed by atoms with van der Waals surface area (Å²) < 4.78 is 5.54. The fourth-order valence-corrected chi connectivity index (χ4v) is 2.68. The van der Waals surface area contributed by atoms with Gasteiger partial charge in [0.05, 0.1) is 0 Å². The summed E-state index contributed by atoms with van der Waals surface area (Å²) >= 11 is 1.63. The molecule has 18 heavy (non-hydrogen) atoms. The van der Waals surface area contributed by atoms with Gasteiger partial charge in [-0.15, -0.1) is 10.2 Å². The average Bonchev–Trinajstić information content (AvgIpc) is 2.88. The fourth-order valence-electron chi connectivity index (χ4n) is 1.84. The van der Waals surface area contributed by atoms with Crippen LogP contribution in [0.1, 0.15) is 30.0 Å². The van der Waals surface area contributed by atoms with Crippen LogP contribution in [0, 0.1) is 6.92 Å². The third-order valence-corrected chi connectivity index (χ3v) is 3.99. The van der Waals surface area contributed by atoms with Gasteiger partial charge in [0.2, 0.25) is 0 Å². The van der Waals surface area contributed by atoms with Crippen LogP contribution in [0.4, 0.5) is 0 Å². The zero-order valence-corrected chi connectivity index (χ0v) is 11.3. The van der Waals surface area contributed by atoms with Crippen molar-refractivity contribution in [3.63, 3.8) is 0 Å². The van der Waals surface area contributed by atoms with Gasteiger partial charge in [-0.2, -0.15) is 0 Å². The largest absolute Gasteiger partial charge is 0.459 e. The first-order chi connectivity index (χ1) is 8.81. The van der Waals surface area contributed by atoms with Crippen LogP contribution in [0.3, 0.4) is 0 Å². The van der Waals surface area contributed by atoms with Gasteiger partial charge < -0.3 is 9.73 Å². The lowest BCUT2D eigenvalue weighted by Crippen LogP contribution is -2.17. The van der Waals surface area contributed by atoms with Gasteiger partial charge in [-0.05, 0) is 44.9 Å². The smallest absolute Gasteiger partial charge is 0.183 e. The van der Waals surface area contributed by atoms with E-state index >= 15 is 0 Å². The molecule has 1 N–H and O–H groups in total. The van der Waals surface area contributed by atoms with E-state index in [4.69, 9.17) is 4.42 Å². The highest BCUT2D eigenvalue weighted by atomic mass is 32.1. The lowest BCUT2D eigenvalue weighted by molar-refractivity contribution is 0.547. The second-order valence-corrected chi connectivity index (χ2v) is 5.81. The Morgan fingerprint density at radius 1 is 1.39 bits per heavy atom. The SMILES string of the molecule is Cc1ccc(-c2nnc(CCCNC3CC3)s2)o1. The second kappa shape index (κ2) is 5.20. The highest BCUT2D eigenvalue weighted by Gasteiger charge is 2.19. The molecule has 1 fully saturated rings. The quantitative estimate of drug-likeness (QED) is 0.814. The minimum Gasteiger partial charge on any atom is -0.459 e. The molecule has 96 valence electrons. The van der Waals surface area contributed by atoms with Crippen LogP contribution in [0.2, 0.25) is 0 Å². The van der Waals surface area contributed by atoms with Crippen molar-refractivity contribution in [2.45, 2.75) is 38.6 Å². The third-order valence-electron chi connectivity index (χ3n) is 3.00. The molecule has 1 aliphatic rings. The molecule has 0 spiro atoms. The Kier molecular flexibility index (Phi) is 3.43. The summed E-state index contributed by atoms with van der Waals surface area (Å²) in [6.45, 7) is 3.02. The Morgan fingerprint density at radius 3 is 3.00 bits per heavy atom. The Balaban J connectivity index is 1.52. The normalized spacial score (nSPS) is 15.2. The van der Waals surface area contributed by atoms with Gasteiger partial charge in [0, 0.05) is 12.5 Å². The summed E-state index contributed by atoms with van der Waals surface area (Å²) in [5.41, 5.74) is 0. The molecule has 2 aromatic rings. The van der Waals surface area contributed by atoms with E-state index in [-0.39, 0.29) is 0 Å². The Hall–Kier alpha value is -1.20. The van der Waals surface area contributed by atoms with E-state index in [0.29, 0.717) is 0 Å². The topological polar surface area (TPSA) is 51.0 Å². The molecule has 5 heteroatoms. The van der Waals surface area contributed by atoms with E-state index in [1.54, 1.807) is 11.3 Å². The van der Waals surface area contributed by atoms with E-state index in [9.17, 15) is 0 Å². The lowest BCUT2D eigenvalue weighted by Gasteiger charge is -1.99. The molecule has 2 heterocycles. The van der Waals surface area contributed by atoms with Gasteiger partial charge >= 0.3 is 0 Å². The molecule has 4 nitrogen and oxygen atoms in total. The van der Waals surface area contributed by atoms with Crippen LogP contribution in [-0.4, -0.2) is 22.8 Å². The van der Waals surface area contributed by atoms with Gasteiger partial charge in [-0.25, -0.2) is 0 Å². The molecule has 1 saturated carbocycles. The van der Waals surface area contributed by atoms with Gasteiger partial charge in [0.15, 0.2) is 10.8 Å². The van der Waals surface area contributed by atoms with Crippen molar-refractivity contribution < 1.29 is 4.42 Å². The van der Waals surface area contributed by atoms with Gasteiger partial charge in [0.1, 0.15) is 10.8 Å². The molecule has 0 aromatic carbocycles. The van der Waals surface area contributed by atoms with Crippen LogP contribution in [0.15, 0.2) is 16.5 Å². The van der Waals surface area contributed by atoms with E-state index < -0.39 is 0 Å². The number of nitrogens with one attached hydrogen (secondary N) is 1. The van der Waals surface area contributed by atoms with Crippen molar-refractivity contribution >= 4 is 11.3 Å². The molecule has 0 unspecified atom stereocenters. The van der Waals surface area contributed by atoms with Crippen molar-refractivity contribution in [3.8, 4) is 10.8 Å². The van der Waals surface area contributed by atoms with Gasteiger partial charge in [-0.3, -0.25) is 0 Å². The number of hydrogen-bond donors (Lipinski definition) is 1. The van der Waals surface area contributed by atoms with Crippen LogP contribution >= 0.6 is 11.3 Å². The maximum absolute atomic E-state index is 5.54. The molecule has 0 amide bonds. The number of rotatable bonds is 6. The second-order valence-electron chi connectivity index (χ2n) is 4.74. The van der Waals surface area contributed by atoms with Crippen molar-refractivity contribution in [1.82, 2.24) is 15.5 Å². The average molecular weight is 263 g/mol. The number of furan rings is 1. The lowest BCUT2D eigenvalue weighted by atomic mass is 10.3. The molecular formula is C13H17N3OS. The molecule has 0 bridgehead atoms. The summed E-state index contributed by atoms with van der Waals surface area (Å²) in [5, 5.41) is 13.9. The number of aryl methyl sites for hydroxylation is 2. The first-order valence-electron chi connectivity index (χ1n) is 6.44. The molecule has 1 aliphatic carbocycles. The molecular weight excluding hydrogens is 246 g/mol. The minimum atomic E-state index is 0.793. The maximum Gasteiger partial charge on any atom is 0.183 e. The minimum absolute atomic E-state index is 0.793. The highest BCUT2D eigenvalue weighted by Crippen LogP contribution is 2.25. The zero-order valence-electron chi connectivity index (χ0n) is 10.5. The first-order valence-corrected chi connectivity index (χ1v) is 7.25. The standard InChI is InChI=1S/C13H17N3OS/c1-9-4-7-11(17-9)13-16-15-12(18-13)3-2-8-14-10-5-6-10/h4,7,10,14H,2-3,5-6,8H2,1H3. The molecule has 0 radical (unpaired) electrons. The molecule has 0 atom stereocenters. The molecule has 0 aliphatic heterocycles. The van der Waals surface area contributed by atoms with Crippen molar-refractivity contribution in [2.24, 2.45) is 0 Å². The Bertz CT molecular complexity index is 516. The van der Waals surface area contributed by atoms with Crippen molar-refractivity contribution in [1.29, 1.82) is 0 Å². The van der Waals surface area contributed by atoms with Gasteiger partial charge in [-0.1, -0.05) is 11.3 Å². The van der Waals surface area contributed by atoms with Crippen LogP contribution in [0.5, 0.6) is 0 Å². The predicted octanol–water partition coefficient (Wildman–Crippen LogP) is 2.79. The number of hydrogen-bond acceptors (Lipinski definition) is 5. The van der Waals surface area contributed by atoms with Crippen LogP contribution in [-0.2, 0) is 6.42 Å². The number of nitrogens with zero attached hydrogens (tertiary/aromatic N) is 2. The van der Waals surface area contributed by atoms with Crippen molar-refractivity contribution in [2.75, 3.05) is 6.54 Å². The Labute approximate surface area is 110 Å². The summed E-state index contributed by atoms with van der Waals surface area (Å²) in [4.78, 5) is 0. The molecule has 3 rings (SSSR count). The van der Waals surface area contributed by atoms with E-state index in [0.717, 1.165) is 47.0 Å². The fraction of sp³-hybridized carbons (Fsp3) is 0.538. The Morgan fingerprint density at radius 2 is 2.28 bits per heavy atom. The van der Waals surface area contributed by atoms with E-state index in [2.05, 4.69) is 15.5 Å². The molecule has 0 saturated heterocycles. The molecule has 2 aromatic heterocycles. The number of aromatic nitrogens is 2. The predicted molar refractivity (Wildman–Crippen MR) is 71.7 cm³/mol. The van der Waals surface area contributed by atoms with Crippen LogP contribution in [0.25, 0.3) is 10.8 Å². The van der Waals surface area contributed by atoms with Gasteiger partial charge in [0.25, 0.3) is 0 Å². The summed E-state index contributed by atoms with van der Waals surface area (Å²) in [7, 11) is 0. The maximum atomic E-state index is 5.54. The van der Waals surface area contributed by atoms with E-state index in [1.807, 2.05) is 19.1 Å². The monoisotopic (exact) mass is 263 g/mol. The van der Waals surface area contributed by atoms with Crippen LogP contribution < -0.4 is 5.32 Å². The summed E-state index contributed by atoms with van der Waals surface area (Å²) in [6, 6.07) is 4.70. The zero-order chi connectivity index (χ0) is 12.4. The van der Waals surface area contributed by atoms with Crippen molar-refractivity contribution in [3.05, 3.63) is 22.9 Å². The first kappa shape index (κ1) is 11.9. The van der Waals surface area contributed by atoms with E-state index in [1.165, 1.54) is 12.8 Å². The summed E-state index contributed by atoms with van der Waals surface area (Å²) in [5.74, 6) is 1.74. The summed E-state index contributed by atoms with van der Waals surface area (Å²) in [6.07, 6.45) is 4.82. The highest BCUT2D eigenvalue weighted by molar-refractivity contribution is 7.14.